The first-order chi connectivity index (χ1) is 9.31. The number of hydrogen-bond donors (Lipinski definition) is 1. The lowest BCUT2D eigenvalue weighted by atomic mass is 9.87. The number of ether oxygens (including phenoxy) is 1. The van der Waals surface area contributed by atoms with Gasteiger partial charge in [-0.15, -0.1) is 0 Å². The topological polar surface area (TPSA) is 63.6 Å². The number of benzene rings is 1. The summed E-state index contributed by atoms with van der Waals surface area (Å²) in [5.74, 6) is -1.31. The molecule has 110 valence electrons. The smallest absolute Gasteiger partial charge is 0.306 e. The number of carboxylic acid groups (broad SMARTS) is 1. The van der Waals surface area contributed by atoms with Crippen LogP contribution < -0.4 is 0 Å². The minimum Gasteiger partial charge on any atom is -0.481 e. The Morgan fingerprint density at radius 3 is 2.35 bits per heavy atom. The van der Waals surface area contributed by atoms with E-state index in [1.165, 1.54) is 5.56 Å². The molecular weight excluding hydrogens is 256 g/mol. The molecule has 0 fully saturated rings. The highest BCUT2D eigenvalue weighted by molar-refractivity contribution is 5.76. The fourth-order valence-electron chi connectivity index (χ4n) is 1.87. The van der Waals surface area contributed by atoms with E-state index in [-0.39, 0.29) is 18.8 Å². The molecular formula is C16H22O4. The van der Waals surface area contributed by atoms with Crippen molar-refractivity contribution in [1.29, 1.82) is 0 Å². The fraction of sp³-hybridized carbons (Fsp3) is 0.500. The van der Waals surface area contributed by atoms with Gasteiger partial charge >= 0.3 is 11.9 Å². The van der Waals surface area contributed by atoms with Crippen molar-refractivity contribution < 1.29 is 19.4 Å². The highest BCUT2D eigenvalue weighted by atomic mass is 16.6. The zero-order valence-electron chi connectivity index (χ0n) is 12.3. The molecule has 1 atom stereocenters. The molecule has 0 saturated carbocycles. The van der Waals surface area contributed by atoms with Crippen LogP contribution in [0.2, 0.25) is 0 Å². The minimum atomic E-state index is -0.989. The van der Waals surface area contributed by atoms with Crippen molar-refractivity contribution in [2.75, 3.05) is 0 Å². The number of rotatable bonds is 7. The largest absolute Gasteiger partial charge is 0.481 e. The van der Waals surface area contributed by atoms with Crippen molar-refractivity contribution in [3.05, 3.63) is 35.9 Å². The molecule has 0 bridgehead atoms. The Kier molecular flexibility index (Phi) is 5.74. The SMILES string of the molecule is CC(Cc1ccccc1)C(C)(C)OC(=O)CCC(=O)O. The molecule has 1 aromatic rings. The van der Waals surface area contributed by atoms with Crippen molar-refractivity contribution in [1.82, 2.24) is 0 Å². The van der Waals surface area contributed by atoms with Gasteiger partial charge in [-0.05, 0) is 31.7 Å². The van der Waals surface area contributed by atoms with E-state index in [9.17, 15) is 9.59 Å². The molecule has 1 N–H and O–H groups in total. The standard InChI is InChI=1S/C16H22O4/c1-12(11-13-7-5-4-6-8-13)16(2,3)20-15(19)10-9-14(17)18/h4-8,12H,9-11H2,1-3H3,(H,17,18). The normalized spacial score (nSPS) is 12.8. The Bertz CT molecular complexity index is 451. The van der Waals surface area contributed by atoms with E-state index in [1.807, 2.05) is 51.1 Å². The van der Waals surface area contributed by atoms with E-state index in [4.69, 9.17) is 9.84 Å². The maximum Gasteiger partial charge on any atom is 0.306 e. The molecule has 1 unspecified atom stereocenters. The predicted octanol–water partition coefficient (Wildman–Crippen LogP) is 3.05. The molecule has 1 aromatic carbocycles. The van der Waals surface area contributed by atoms with Crippen LogP contribution in [-0.2, 0) is 20.7 Å². The van der Waals surface area contributed by atoms with Gasteiger partial charge in [0, 0.05) is 0 Å². The van der Waals surface area contributed by atoms with Crippen molar-refractivity contribution in [2.24, 2.45) is 5.92 Å². The minimum absolute atomic E-state index is 0.0865. The van der Waals surface area contributed by atoms with Gasteiger partial charge in [0.25, 0.3) is 0 Å². The van der Waals surface area contributed by atoms with Gasteiger partial charge in [0.1, 0.15) is 5.60 Å². The second-order valence-corrected chi connectivity index (χ2v) is 5.56. The third kappa shape index (κ3) is 5.43. The van der Waals surface area contributed by atoms with Crippen LogP contribution in [0.4, 0.5) is 0 Å². The molecule has 0 aliphatic carbocycles. The van der Waals surface area contributed by atoms with E-state index < -0.39 is 17.5 Å². The van der Waals surface area contributed by atoms with Crippen LogP contribution in [0.1, 0.15) is 39.2 Å². The molecule has 0 amide bonds. The molecule has 4 nitrogen and oxygen atoms in total. The van der Waals surface area contributed by atoms with Gasteiger partial charge in [0.05, 0.1) is 12.8 Å². The van der Waals surface area contributed by atoms with Crippen molar-refractivity contribution in [3.63, 3.8) is 0 Å². The number of carbonyl (C=O) groups excluding carboxylic acids is 1. The molecule has 0 heterocycles. The van der Waals surface area contributed by atoms with Crippen molar-refractivity contribution in [3.8, 4) is 0 Å². The zero-order chi connectivity index (χ0) is 15.2. The van der Waals surface area contributed by atoms with Crippen LogP contribution >= 0.6 is 0 Å². The molecule has 1 rings (SSSR count). The van der Waals surface area contributed by atoms with E-state index in [1.54, 1.807) is 0 Å². The van der Waals surface area contributed by atoms with Crippen LogP contribution in [0.15, 0.2) is 30.3 Å². The summed E-state index contributed by atoms with van der Waals surface area (Å²) in [7, 11) is 0. The molecule has 0 radical (unpaired) electrons. The van der Waals surface area contributed by atoms with Gasteiger partial charge < -0.3 is 9.84 Å². The summed E-state index contributed by atoms with van der Waals surface area (Å²) >= 11 is 0. The molecule has 0 aliphatic rings. The molecule has 0 aromatic heterocycles. The molecule has 0 spiro atoms. The van der Waals surface area contributed by atoms with Crippen LogP contribution in [-0.4, -0.2) is 22.6 Å². The third-order valence-corrected chi connectivity index (χ3v) is 3.49. The van der Waals surface area contributed by atoms with Crippen LogP contribution in [0, 0.1) is 5.92 Å². The Morgan fingerprint density at radius 2 is 1.80 bits per heavy atom. The van der Waals surface area contributed by atoms with Gasteiger partial charge in [0.15, 0.2) is 0 Å². The number of esters is 1. The second kappa shape index (κ2) is 7.08. The average molecular weight is 278 g/mol. The average Bonchev–Trinajstić information content (AvgIpc) is 2.37. The molecule has 4 heteroatoms. The quantitative estimate of drug-likeness (QED) is 0.779. The summed E-state index contributed by atoms with van der Waals surface area (Å²) in [6, 6.07) is 10.0. The number of carboxylic acids is 1. The Labute approximate surface area is 119 Å². The molecule has 0 saturated heterocycles. The van der Waals surface area contributed by atoms with E-state index in [2.05, 4.69) is 0 Å². The Morgan fingerprint density at radius 1 is 1.20 bits per heavy atom. The van der Waals surface area contributed by atoms with E-state index >= 15 is 0 Å². The summed E-state index contributed by atoms with van der Waals surface area (Å²) in [4.78, 5) is 22.1. The summed E-state index contributed by atoms with van der Waals surface area (Å²) in [5, 5.41) is 8.56. The zero-order valence-corrected chi connectivity index (χ0v) is 12.3. The first-order valence-corrected chi connectivity index (χ1v) is 6.79. The second-order valence-electron chi connectivity index (χ2n) is 5.56. The number of hydrogen-bond acceptors (Lipinski definition) is 3. The van der Waals surface area contributed by atoms with Crippen LogP contribution in [0.25, 0.3) is 0 Å². The van der Waals surface area contributed by atoms with Gasteiger partial charge in [0.2, 0.25) is 0 Å². The maximum atomic E-state index is 11.6. The summed E-state index contributed by atoms with van der Waals surface area (Å²) in [6.45, 7) is 5.75. The maximum absolute atomic E-state index is 11.6. The lowest BCUT2D eigenvalue weighted by Gasteiger charge is -2.31. The van der Waals surface area contributed by atoms with Crippen LogP contribution in [0.3, 0.4) is 0 Å². The van der Waals surface area contributed by atoms with E-state index in [0.717, 1.165) is 6.42 Å². The summed E-state index contributed by atoms with van der Waals surface area (Å²) < 4.78 is 5.42. The monoisotopic (exact) mass is 278 g/mol. The highest BCUT2D eigenvalue weighted by Gasteiger charge is 2.30. The molecule has 20 heavy (non-hydrogen) atoms. The number of aliphatic carboxylic acids is 1. The summed E-state index contributed by atoms with van der Waals surface area (Å²) in [5.41, 5.74) is 0.570. The van der Waals surface area contributed by atoms with Gasteiger partial charge in [-0.3, -0.25) is 9.59 Å². The van der Waals surface area contributed by atoms with Gasteiger partial charge in [-0.2, -0.15) is 0 Å². The lowest BCUT2D eigenvalue weighted by Crippen LogP contribution is -2.36. The van der Waals surface area contributed by atoms with Gasteiger partial charge in [-0.25, -0.2) is 0 Å². The van der Waals surface area contributed by atoms with Crippen molar-refractivity contribution >= 4 is 11.9 Å². The van der Waals surface area contributed by atoms with Gasteiger partial charge in [-0.1, -0.05) is 37.3 Å². The first kappa shape index (κ1) is 16.2. The highest BCUT2D eigenvalue weighted by Crippen LogP contribution is 2.25. The third-order valence-electron chi connectivity index (χ3n) is 3.49. The Hall–Kier alpha value is -1.84. The molecule has 0 aliphatic heterocycles. The lowest BCUT2D eigenvalue weighted by molar-refractivity contribution is -0.162. The first-order valence-electron chi connectivity index (χ1n) is 6.79. The predicted molar refractivity (Wildman–Crippen MR) is 76.4 cm³/mol. The summed E-state index contributed by atoms with van der Waals surface area (Å²) in [6.07, 6.45) is 0.527. The fourth-order valence-corrected chi connectivity index (χ4v) is 1.87. The number of carbonyl (C=O) groups is 2. The van der Waals surface area contributed by atoms with Crippen LogP contribution in [0.5, 0.6) is 0 Å². The Balaban J connectivity index is 2.54. The van der Waals surface area contributed by atoms with Crippen molar-refractivity contribution in [2.45, 2.75) is 45.6 Å². The van der Waals surface area contributed by atoms with E-state index in [0.29, 0.717) is 0 Å².